The summed E-state index contributed by atoms with van der Waals surface area (Å²) in [6, 6.07) is 1.81. The zero-order chi connectivity index (χ0) is 13.1. The quantitative estimate of drug-likeness (QED) is 0.779. The molecule has 2 heterocycles. The van der Waals surface area contributed by atoms with E-state index < -0.39 is 0 Å². The van der Waals surface area contributed by atoms with Gasteiger partial charge in [-0.25, -0.2) is 0 Å². The van der Waals surface area contributed by atoms with Gasteiger partial charge < -0.3 is 4.90 Å². The first-order chi connectivity index (χ1) is 8.58. The molecule has 1 aromatic rings. The number of carbonyl (C=O) groups is 1. The first-order valence-corrected chi connectivity index (χ1v) is 7.35. The summed E-state index contributed by atoms with van der Waals surface area (Å²) in [6.07, 6.45) is 5.26. The Labute approximate surface area is 121 Å². The second kappa shape index (κ2) is 6.02. The normalized spacial score (nSPS) is 18.7. The Morgan fingerprint density at radius 3 is 2.72 bits per heavy atom. The number of carbonyl (C=O) groups excluding carboxylic acids is 1. The summed E-state index contributed by atoms with van der Waals surface area (Å²) in [7, 11) is 0. The summed E-state index contributed by atoms with van der Waals surface area (Å²) < 4.78 is 0.831. The van der Waals surface area contributed by atoms with Gasteiger partial charge >= 0.3 is 0 Å². The van der Waals surface area contributed by atoms with Crippen LogP contribution in [0.4, 0.5) is 0 Å². The fourth-order valence-electron chi connectivity index (χ4n) is 2.27. The van der Waals surface area contributed by atoms with Crippen molar-refractivity contribution in [3.63, 3.8) is 0 Å². The predicted octanol–water partition coefficient (Wildman–Crippen LogP) is 3.32. The minimum atomic E-state index is 0.0597. The molecule has 3 nitrogen and oxygen atoms in total. The van der Waals surface area contributed by atoms with Crippen molar-refractivity contribution >= 4 is 33.4 Å². The number of hydrogen-bond donors (Lipinski definition) is 0. The molecule has 18 heavy (non-hydrogen) atoms. The summed E-state index contributed by atoms with van der Waals surface area (Å²) in [6.45, 7) is 3.60. The molecule has 0 saturated carbocycles. The monoisotopic (exact) mass is 330 g/mol. The third-order valence-corrected chi connectivity index (χ3v) is 4.22. The molecule has 0 bridgehead atoms. The number of alkyl halides is 1. The molecule has 1 aliphatic rings. The van der Waals surface area contributed by atoms with Crippen molar-refractivity contribution in [3.8, 4) is 0 Å². The highest BCUT2D eigenvalue weighted by molar-refractivity contribution is 9.10. The van der Waals surface area contributed by atoms with Crippen LogP contribution in [-0.4, -0.2) is 34.3 Å². The van der Waals surface area contributed by atoms with E-state index in [1.807, 2.05) is 17.9 Å². The molecule has 2 rings (SSSR count). The molecule has 5 heteroatoms. The van der Waals surface area contributed by atoms with E-state index in [0.717, 1.165) is 30.4 Å². The van der Waals surface area contributed by atoms with Crippen molar-refractivity contribution in [2.45, 2.75) is 25.1 Å². The summed E-state index contributed by atoms with van der Waals surface area (Å²) in [5, 5.41) is 0.190. The lowest BCUT2D eigenvalue weighted by atomic mass is 9.94. The second-order valence-electron chi connectivity index (χ2n) is 4.70. The van der Waals surface area contributed by atoms with Crippen molar-refractivity contribution in [1.29, 1.82) is 0 Å². The van der Waals surface area contributed by atoms with E-state index in [1.54, 1.807) is 12.4 Å². The van der Waals surface area contributed by atoms with Gasteiger partial charge in [0.05, 0.1) is 5.56 Å². The molecule has 0 aromatic carbocycles. The lowest BCUT2D eigenvalue weighted by molar-refractivity contribution is 0.0689. The van der Waals surface area contributed by atoms with Crippen LogP contribution in [-0.2, 0) is 0 Å². The lowest BCUT2D eigenvalue weighted by Gasteiger charge is -2.33. The molecule has 1 aromatic heterocycles. The Balaban J connectivity index is 1.99. The maximum Gasteiger partial charge on any atom is 0.255 e. The first kappa shape index (κ1) is 13.8. The van der Waals surface area contributed by atoms with Crippen LogP contribution >= 0.6 is 27.5 Å². The summed E-state index contributed by atoms with van der Waals surface area (Å²) in [5.74, 6) is 0.584. The van der Waals surface area contributed by atoms with Crippen molar-refractivity contribution in [2.75, 3.05) is 13.1 Å². The molecule has 1 saturated heterocycles. The van der Waals surface area contributed by atoms with E-state index in [2.05, 4.69) is 20.9 Å². The van der Waals surface area contributed by atoms with Crippen LogP contribution in [0, 0.1) is 5.92 Å². The van der Waals surface area contributed by atoms with Crippen LogP contribution in [0.2, 0.25) is 0 Å². The topological polar surface area (TPSA) is 33.2 Å². The third-order valence-electron chi connectivity index (χ3n) is 3.43. The molecule has 98 valence electrons. The number of aromatic nitrogens is 1. The van der Waals surface area contributed by atoms with Crippen LogP contribution in [0.3, 0.4) is 0 Å². The van der Waals surface area contributed by atoms with Crippen molar-refractivity contribution < 1.29 is 4.79 Å². The van der Waals surface area contributed by atoms with Crippen LogP contribution in [0.15, 0.2) is 22.9 Å². The molecule has 0 radical (unpaired) electrons. The largest absolute Gasteiger partial charge is 0.339 e. The zero-order valence-corrected chi connectivity index (χ0v) is 12.6. The maximum atomic E-state index is 12.3. The third kappa shape index (κ3) is 3.23. The minimum absolute atomic E-state index is 0.0597. The average Bonchev–Trinajstić information content (AvgIpc) is 2.38. The van der Waals surface area contributed by atoms with Gasteiger partial charge in [-0.3, -0.25) is 9.78 Å². The van der Waals surface area contributed by atoms with Gasteiger partial charge in [-0.2, -0.15) is 0 Å². The van der Waals surface area contributed by atoms with Gasteiger partial charge in [0.25, 0.3) is 5.91 Å². The highest BCUT2D eigenvalue weighted by atomic mass is 79.9. The molecule has 1 unspecified atom stereocenters. The molecular weight excluding hydrogens is 316 g/mol. The molecule has 0 spiro atoms. The average molecular weight is 332 g/mol. The summed E-state index contributed by atoms with van der Waals surface area (Å²) >= 11 is 9.43. The molecule has 1 atom stereocenters. The molecule has 1 fully saturated rings. The molecule has 0 aliphatic carbocycles. The number of nitrogens with zero attached hydrogens (tertiary/aromatic N) is 2. The van der Waals surface area contributed by atoms with Gasteiger partial charge in [0.15, 0.2) is 0 Å². The Kier molecular flexibility index (Phi) is 4.62. The summed E-state index contributed by atoms with van der Waals surface area (Å²) in [5.41, 5.74) is 0.641. The minimum Gasteiger partial charge on any atom is -0.339 e. The van der Waals surface area contributed by atoms with E-state index in [1.165, 1.54) is 0 Å². The van der Waals surface area contributed by atoms with Crippen LogP contribution in [0.1, 0.15) is 30.1 Å². The highest BCUT2D eigenvalue weighted by Gasteiger charge is 2.26. The van der Waals surface area contributed by atoms with E-state index in [9.17, 15) is 4.79 Å². The van der Waals surface area contributed by atoms with E-state index >= 15 is 0 Å². The van der Waals surface area contributed by atoms with Crippen LogP contribution in [0.5, 0.6) is 0 Å². The standard InChI is InChI=1S/C13H16BrClN2O/c1-9(15)10-2-4-17(5-3-10)13(18)11-6-12(14)8-16-7-11/h6-10H,2-5H2,1H3. The Hall–Kier alpha value is -0.610. The van der Waals surface area contributed by atoms with Gasteiger partial charge in [-0.15, -0.1) is 11.6 Å². The zero-order valence-electron chi connectivity index (χ0n) is 10.3. The Morgan fingerprint density at radius 2 is 2.17 bits per heavy atom. The number of likely N-dealkylation sites (tertiary alicyclic amines) is 1. The van der Waals surface area contributed by atoms with Gasteiger partial charge in [0, 0.05) is 35.3 Å². The number of hydrogen-bond acceptors (Lipinski definition) is 2. The smallest absolute Gasteiger partial charge is 0.255 e. The Bertz CT molecular complexity index is 431. The van der Waals surface area contributed by atoms with E-state index in [-0.39, 0.29) is 11.3 Å². The first-order valence-electron chi connectivity index (χ1n) is 6.12. The number of pyridine rings is 1. The van der Waals surface area contributed by atoms with Gasteiger partial charge in [0.2, 0.25) is 0 Å². The van der Waals surface area contributed by atoms with Gasteiger partial charge in [-0.1, -0.05) is 0 Å². The fourth-order valence-corrected chi connectivity index (χ4v) is 2.89. The molecule has 1 aliphatic heterocycles. The fraction of sp³-hybridized carbons (Fsp3) is 0.538. The van der Waals surface area contributed by atoms with E-state index in [4.69, 9.17) is 11.6 Å². The lowest BCUT2D eigenvalue weighted by Crippen LogP contribution is -2.40. The number of halogens is 2. The predicted molar refractivity (Wildman–Crippen MR) is 75.9 cm³/mol. The number of rotatable bonds is 2. The molecule has 0 N–H and O–H groups in total. The van der Waals surface area contributed by atoms with E-state index in [0.29, 0.717) is 11.5 Å². The number of amides is 1. The van der Waals surface area contributed by atoms with Crippen LogP contribution in [0.25, 0.3) is 0 Å². The van der Waals surface area contributed by atoms with Crippen molar-refractivity contribution in [1.82, 2.24) is 9.88 Å². The molecule has 1 amide bonds. The molecular formula is C13H16BrClN2O. The second-order valence-corrected chi connectivity index (χ2v) is 6.30. The Morgan fingerprint density at radius 1 is 1.50 bits per heavy atom. The SMILES string of the molecule is CC(Cl)C1CCN(C(=O)c2cncc(Br)c2)CC1. The number of piperidine rings is 1. The van der Waals surface area contributed by atoms with Crippen molar-refractivity contribution in [2.24, 2.45) is 5.92 Å². The van der Waals surface area contributed by atoms with Gasteiger partial charge in [0.1, 0.15) is 0 Å². The summed E-state index contributed by atoms with van der Waals surface area (Å²) in [4.78, 5) is 18.2. The van der Waals surface area contributed by atoms with Crippen molar-refractivity contribution in [3.05, 3.63) is 28.5 Å². The highest BCUT2D eigenvalue weighted by Crippen LogP contribution is 2.25. The van der Waals surface area contributed by atoms with Gasteiger partial charge in [-0.05, 0) is 47.7 Å². The van der Waals surface area contributed by atoms with Crippen LogP contribution < -0.4 is 0 Å². The maximum absolute atomic E-state index is 12.3.